The van der Waals surface area contributed by atoms with E-state index < -0.39 is 0 Å². The zero-order valence-electron chi connectivity index (χ0n) is 14.4. The molecule has 1 aromatic rings. The van der Waals surface area contributed by atoms with E-state index in [4.69, 9.17) is 14.9 Å². The monoisotopic (exact) mass is 436 g/mol. The van der Waals surface area contributed by atoms with Gasteiger partial charge in [-0.1, -0.05) is 0 Å². The van der Waals surface area contributed by atoms with Crippen LogP contribution in [-0.2, 0) is 11.3 Å². The number of furan rings is 1. The number of aliphatic imine (C=N–C) groups is 1. The van der Waals surface area contributed by atoms with Gasteiger partial charge in [0.2, 0.25) is 0 Å². The zero-order valence-corrected chi connectivity index (χ0v) is 16.7. The minimum absolute atomic E-state index is 0. The second kappa shape index (κ2) is 8.89. The van der Waals surface area contributed by atoms with Gasteiger partial charge in [-0.3, -0.25) is 4.90 Å². The molecule has 0 aromatic carbocycles. The highest BCUT2D eigenvalue weighted by Gasteiger charge is 2.33. The zero-order chi connectivity index (χ0) is 16.2. The molecule has 1 aromatic heterocycles. The lowest BCUT2D eigenvalue weighted by atomic mass is 10.00. The summed E-state index contributed by atoms with van der Waals surface area (Å²) in [5.41, 5.74) is 5.92. The third-order valence-corrected chi connectivity index (χ3v) is 3.96. The molecule has 0 saturated carbocycles. The van der Waals surface area contributed by atoms with Gasteiger partial charge >= 0.3 is 0 Å². The first-order valence-electron chi connectivity index (χ1n) is 7.83. The Morgan fingerprint density at radius 3 is 2.61 bits per heavy atom. The molecule has 3 N–H and O–H groups in total. The molecule has 0 radical (unpaired) electrons. The Hall–Kier alpha value is -0.800. The lowest BCUT2D eigenvalue weighted by Gasteiger charge is -2.45. The molecular formula is C16H29IN4O2. The summed E-state index contributed by atoms with van der Waals surface area (Å²) in [6.45, 7) is 11.7. The molecule has 23 heavy (non-hydrogen) atoms. The number of ether oxygens (including phenoxy) is 1. The highest BCUT2D eigenvalue weighted by Crippen LogP contribution is 2.20. The molecular weight excluding hydrogens is 407 g/mol. The van der Waals surface area contributed by atoms with Crippen molar-refractivity contribution in [1.82, 2.24) is 10.2 Å². The van der Waals surface area contributed by atoms with Gasteiger partial charge in [-0.15, -0.1) is 24.0 Å². The van der Waals surface area contributed by atoms with Gasteiger partial charge in [0.1, 0.15) is 12.3 Å². The van der Waals surface area contributed by atoms with Gasteiger partial charge in [0, 0.05) is 25.2 Å². The van der Waals surface area contributed by atoms with Gasteiger partial charge in [-0.2, -0.15) is 0 Å². The van der Waals surface area contributed by atoms with Crippen molar-refractivity contribution in [2.75, 3.05) is 19.6 Å². The summed E-state index contributed by atoms with van der Waals surface area (Å²) in [6, 6.07) is 3.73. The van der Waals surface area contributed by atoms with E-state index in [1.54, 1.807) is 6.26 Å². The molecule has 6 nitrogen and oxygen atoms in total. The summed E-state index contributed by atoms with van der Waals surface area (Å²) in [7, 11) is 0. The number of nitrogens with one attached hydrogen (secondary N) is 1. The SMILES string of the molecule is CC1CN(C(C)(C)CNC(N)=NCc2ccco2)CC(C)O1.I. The van der Waals surface area contributed by atoms with Crippen molar-refractivity contribution in [3.63, 3.8) is 0 Å². The van der Waals surface area contributed by atoms with Crippen LogP contribution in [0.5, 0.6) is 0 Å². The number of rotatable bonds is 5. The lowest BCUT2D eigenvalue weighted by Crippen LogP contribution is -2.59. The molecule has 2 atom stereocenters. The lowest BCUT2D eigenvalue weighted by molar-refractivity contribution is -0.0946. The summed E-state index contributed by atoms with van der Waals surface area (Å²) in [6.07, 6.45) is 2.15. The van der Waals surface area contributed by atoms with Crippen LogP contribution in [0.2, 0.25) is 0 Å². The van der Waals surface area contributed by atoms with Crippen LogP contribution in [0.1, 0.15) is 33.5 Å². The number of hydrogen-bond acceptors (Lipinski definition) is 4. The maximum absolute atomic E-state index is 5.94. The van der Waals surface area contributed by atoms with Crippen LogP contribution in [0.4, 0.5) is 0 Å². The first kappa shape index (κ1) is 20.2. The van der Waals surface area contributed by atoms with Crippen LogP contribution < -0.4 is 11.1 Å². The van der Waals surface area contributed by atoms with Crippen molar-refractivity contribution in [3.8, 4) is 0 Å². The van der Waals surface area contributed by atoms with Gasteiger partial charge in [0.15, 0.2) is 5.96 Å². The highest BCUT2D eigenvalue weighted by atomic mass is 127. The average molecular weight is 436 g/mol. The fourth-order valence-electron chi connectivity index (χ4n) is 2.71. The van der Waals surface area contributed by atoms with Gasteiger partial charge in [0.25, 0.3) is 0 Å². The van der Waals surface area contributed by atoms with Crippen molar-refractivity contribution < 1.29 is 9.15 Å². The smallest absolute Gasteiger partial charge is 0.189 e. The van der Waals surface area contributed by atoms with E-state index in [9.17, 15) is 0 Å². The molecule has 2 rings (SSSR count). The molecule has 0 spiro atoms. The normalized spacial score (nSPS) is 23.4. The van der Waals surface area contributed by atoms with Crippen molar-refractivity contribution in [3.05, 3.63) is 24.2 Å². The summed E-state index contributed by atoms with van der Waals surface area (Å²) < 4.78 is 11.0. The number of hydrogen-bond donors (Lipinski definition) is 2. The van der Waals surface area contributed by atoms with Crippen LogP contribution in [0.3, 0.4) is 0 Å². The van der Waals surface area contributed by atoms with Gasteiger partial charge in [0.05, 0.1) is 18.5 Å². The molecule has 1 saturated heterocycles. The average Bonchev–Trinajstić information content (AvgIpc) is 2.95. The fourth-order valence-corrected chi connectivity index (χ4v) is 2.71. The van der Waals surface area contributed by atoms with Crippen LogP contribution in [0.25, 0.3) is 0 Å². The molecule has 1 fully saturated rings. The highest BCUT2D eigenvalue weighted by molar-refractivity contribution is 14.0. The topological polar surface area (TPSA) is 76.0 Å². The Kier molecular flexibility index (Phi) is 7.82. The van der Waals surface area contributed by atoms with Crippen molar-refractivity contribution in [2.24, 2.45) is 10.7 Å². The quantitative estimate of drug-likeness (QED) is 0.421. The van der Waals surface area contributed by atoms with Crippen LogP contribution >= 0.6 is 24.0 Å². The van der Waals surface area contributed by atoms with E-state index in [1.807, 2.05) is 12.1 Å². The van der Waals surface area contributed by atoms with E-state index in [1.165, 1.54) is 0 Å². The van der Waals surface area contributed by atoms with E-state index in [2.05, 4.69) is 42.9 Å². The Bertz CT molecular complexity index is 480. The summed E-state index contributed by atoms with van der Waals surface area (Å²) >= 11 is 0. The summed E-state index contributed by atoms with van der Waals surface area (Å²) in [5.74, 6) is 1.25. The molecule has 2 unspecified atom stereocenters. The predicted molar refractivity (Wildman–Crippen MR) is 103 cm³/mol. The minimum atomic E-state index is -0.0167. The number of nitrogens with two attached hydrogens (primary N) is 1. The van der Waals surface area contributed by atoms with Crippen molar-refractivity contribution in [1.29, 1.82) is 0 Å². The number of guanidine groups is 1. The second-order valence-electron chi connectivity index (χ2n) is 6.61. The third-order valence-electron chi connectivity index (χ3n) is 3.96. The molecule has 132 valence electrons. The Morgan fingerprint density at radius 2 is 2.04 bits per heavy atom. The van der Waals surface area contributed by atoms with Gasteiger partial charge < -0.3 is 20.2 Å². The predicted octanol–water partition coefficient (Wildman–Crippen LogP) is 2.19. The van der Waals surface area contributed by atoms with Crippen molar-refractivity contribution in [2.45, 2.75) is 52.0 Å². The molecule has 1 aliphatic rings. The van der Waals surface area contributed by atoms with E-state index in [0.717, 1.165) is 25.4 Å². The Morgan fingerprint density at radius 1 is 1.39 bits per heavy atom. The summed E-state index contributed by atoms with van der Waals surface area (Å²) in [4.78, 5) is 6.73. The maximum atomic E-state index is 5.94. The van der Waals surface area contributed by atoms with Crippen LogP contribution in [0, 0.1) is 0 Å². The third kappa shape index (κ3) is 6.31. The molecule has 0 aliphatic carbocycles. The summed E-state index contributed by atoms with van der Waals surface area (Å²) in [5, 5.41) is 3.22. The first-order valence-corrected chi connectivity index (χ1v) is 7.83. The largest absolute Gasteiger partial charge is 0.467 e. The maximum Gasteiger partial charge on any atom is 0.189 e. The Labute approximate surface area is 155 Å². The standard InChI is InChI=1S/C16H28N4O2.HI/c1-12-9-20(10-13(2)22-12)16(3,4)11-19-15(17)18-8-14-6-5-7-21-14;/h5-7,12-13H,8-11H2,1-4H3,(H3,17,18,19);1H. The van der Waals surface area contributed by atoms with E-state index in [0.29, 0.717) is 12.5 Å². The van der Waals surface area contributed by atoms with E-state index >= 15 is 0 Å². The first-order chi connectivity index (χ1) is 10.4. The van der Waals surface area contributed by atoms with Gasteiger partial charge in [-0.25, -0.2) is 4.99 Å². The number of nitrogens with zero attached hydrogens (tertiary/aromatic N) is 2. The number of morpholine rings is 1. The molecule has 1 aliphatic heterocycles. The number of halogens is 1. The fraction of sp³-hybridized carbons (Fsp3) is 0.688. The molecule has 0 bridgehead atoms. The molecule has 2 heterocycles. The van der Waals surface area contributed by atoms with Crippen LogP contribution in [0.15, 0.2) is 27.8 Å². The van der Waals surface area contributed by atoms with Crippen molar-refractivity contribution >= 4 is 29.9 Å². The Balaban J connectivity index is 0.00000264. The molecule has 7 heteroatoms. The van der Waals surface area contributed by atoms with E-state index in [-0.39, 0.29) is 41.7 Å². The van der Waals surface area contributed by atoms with Gasteiger partial charge in [-0.05, 0) is 39.8 Å². The van der Waals surface area contributed by atoms with Crippen LogP contribution in [-0.4, -0.2) is 48.2 Å². The molecule has 0 amide bonds. The second-order valence-corrected chi connectivity index (χ2v) is 6.61. The minimum Gasteiger partial charge on any atom is -0.467 e.